The zero-order valence-corrected chi connectivity index (χ0v) is 22.4. The van der Waals surface area contributed by atoms with Gasteiger partial charge in [-0.25, -0.2) is 4.98 Å². The van der Waals surface area contributed by atoms with Gasteiger partial charge in [0.25, 0.3) is 5.91 Å². The number of anilines is 1. The van der Waals surface area contributed by atoms with Crippen molar-refractivity contribution in [3.8, 4) is 17.2 Å². The average Bonchev–Trinajstić information content (AvgIpc) is 3.29. The van der Waals surface area contributed by atoms with Crippen molar-refractivity contribution >= 4 is 63.2 Å². The fourth-order valence-electron chi connectivity index (χ4n) is 3.61. The number of hydrogen-bond donors (Lipinski definition) is 2. The molecule has 9 heteroatoms. The standard InChI is InChI=1S/C27H25Cl2N3O3S/c1-4-15(3)16-7-11-24-22(13-16)30-26(35-24)18-6-9-19(28)21(14-18)31-27(36)32-25(33)17-8-10-23(34-5-2)20(29)12-17/h6-15H,4-5H2,1-3H3,(H2,31,32,33,36). The minimum atomic E-state index is -0.416. The van der Waals surface area contributed by atoms with E-state index >= 15 is 0 Å². The molecule has 1 amide bonds. The number of aromatic nitrogens is 1. The third-order valence-corrected chi connectivity index (χ3v) is 6.60. The summed E-state index contributed by atoms with van der Waals surface area (Å²) in [7, 11) is 0. The Balaban J connectivity index is 1.50. The number of fused-ring (bicyclic) bond motifs is 1. The first-order valence-corrected chi connectivity index (χ1v) is 12.7. The van der Waals surface area contributed by atoms with Gasteiger partial charge in [-0.05, 0) is 85.6 Å². The lowest BCUT2D eigenvalue weighted by atomic mass is 9.98. The van der Waals surface area contributed by atoms with Crippen molar-refractivity contribution in [1.29, 1.82) is 0 Å². The fraction of sp³-hybridized carbons (Fsp3) is 0.222. The number of carbonyl (C=O) groups is 1. The number of nitrogens with one attached hydrogen (secondary N) is 2. The third kappa shape index (κ3) is 5.81. The Morgan fingerprint density at radius 1 is 1.08 bits per heavy atom. The molecule has 6 nitrogen and oxygen atoms in total. The first kappa shape index (κ1) is 25.9. The third-order valence-electron chi connectivity index (χ3n) is 5.78. The van der Waals surface area contributed by atoms with Crippen molar-refractivity contribution < 1.29 is 13.9 Å². The maximum absolute atomic E-state index is 12.6. The lowest BCUT2D eigenvalue weighted by Gasteiger charge is -2.12. The quantitative estimate of drug-likeness (QED) is 0.232. The van der Waals surface area contributed by atoms with E-state index in [9.17, 15) is 4.79 Å². The molecule has 0 aliphatic rings. The van der Waals surface area contributed by atoms with Crippen LogP contribution in [-0.2, 0) is 0 Å². The maximum atomic E-state index is 12.6. The number of amides is 1. The van der Waals surface area contributed by atoms with E-state index in [0.29, 0.717) is 51.0 Å². The van der Waals surface area contributed by atoms with Crippen LogP contribution < -0.4 is 15.4 Å². The molecule has 36 heavy (non-hydrogen) atoms. The number of thiocarbonyl (C=S) groups is 1. The highest BCUT2D eigenvalue weighted by atomic mass is 35.5. The van der Waals surface area contributed by atoms with Crippen LogP contribution in [0.4, 0.5) is 5.69 Å². The molecule has 1 heterocycles. The summed E-state index contributed by atoms with van der Waals surface area (Å²) in [5.74, 6) is 0.997. The Kier molecular flexibility index (Phi) is 8.14. The van der Waals surface area contributed by atoms with Crippen molar-refractivity contribution in [2.24, 2.45) is 0 Å². The lowest BCUT2D eigenvalue weighted by molar-refractivity contribution is 0.0977. The van der Waals surface area contributed by atoms with Crippen molar-refractivity contribution in [3.05, 3.63) is 75.8 Å². The van der Waals surface area contributed by atoms with Crippen molar-refractivity contribution in [2.75, 3.05) is 11.9 Å². The zero-order chi connectivity index (χ0) is 25.8. The van der Waals surface area contributed by atoms with Crippen LogP contribution >= 0.6 is 35.4 Å². The van der Waals surface area contributed by atoms with Crippen LogP contribution in [0.1, 0.15) is 49.0 Å². The van der Waals surface area contributed by atoms with Crippen molar-refractivity contribution in [2.45, 2.75) is 33.1 Å². The Morgan fingerprint density at radius 2 is 1.89 bits per heavy atom. The van der Waals surface area contributed by atoms with Gasteiger partial charge in [0.05, 0.1) is 22.3 Å². The Bertz CT molecular complexity index is 1440. The lowest BCUT2D eigenvalue weighted by Crippen LogP contribution is -2.34. The van der Waals surface area contributed by atoms with E-state index in [1.54, 1.807) is 24.3 Å². The molecule has 0 aliphatic carbocycles. The van der Waals surface area contributed by atoms with E-state index in [2.05, 4.69) is 41.6 Å². The van der Waals surface area contributed by atoms with Gasteiger partial charge in [-0.1, -0.05) is 43.1 Å². The molecule has 4 rings (SSSR count). The molecule has 3 aromatic carbocycles. The molecule has 0 radical (unpaired) electrons. The van der Waals surface area contributed by atoms with Gasteiger partial charge in [0.1, 0.15) is 11.3 Å². The van der Waals surface area contributed by atoms with Gasteiger partial charge < -0.3 is 14.5 Å². The molecule has 0 saturated carbocycles. The number of benzene rings is 3. The zero-order valence-electron chi connectivity index (χ0n) is 20.0. The molecule has 0 saturated heterocycles. The van der Waals surface area contributed by atoms with Crippen LogP contribution in [0.25, 0.3) is 22.6 Å². The number of oxazole rings is 1. The second-order valence-electron chi connectivity index (χ2n) is 8.24. The van der Waals surface area contributed by atoms with Gasteiger partial charge in [0, 0.05) is 11.1 Å². The van der Waals surface area contributed by atoms with Crippen molar-refractivity contribution in [3.63, 3.8) is 0 Å². The van der Waals surface area contributed by atoms with Crippen LogP contribution in [0.2, 0.25) is 10.0 Å². The summed E-state index contributed by atoms with van der Waals surface area (Å²) in [6.45, 7) is 6.67. The van der Waals surface area contributed by atoms with Crippen LogP contribution in [0.3, 0.4) is 0 Å². The predicted octanol–water partition coefficient (Wildman–Crippen LogP) is 7.84. The maximum Gasteiger partial charge on any atom is 0.257 e. The summed E-state index contributed by atoms with van der Waals surface area (Å²) in [5, 5.41) is 6.46. The molecule has 1 atom stereocenters. The topological polar surface area (TPSA) is 76.4 Å². The van der Waals surface area contributed by atoms with Crippen LogP contribution in [-0.4, -0.2) is 22.6 Å². The minimum Gasteiger partial charge on any atom is -0.492 e. The highest BCUT2D eigenvalue weighted by Gasteiger charge is 2.15. The van der Waals surface area contributed by atoms with Crippen LogP contribution in [0.5, 0.6) is 5.75 Å². The largest absolute Gasteiger partial charge is 0.492 e. The van der Waals surface area contributed by atoms with E-state index in [1.165, 1.54) is 11.6 Å². The summed E-state index contributed by atoms with van der Waals surface area (Å²) in [6.07, 6.45) is 1.05. The summed E-state index contributed by atoms with van der Waals surface area (Å²) in [5.41, 5.74) is 4.29. The Morgan fingerprint density at radius 3 is 2.61 bits per heavy atom. The van der Waals surface area contributed by atoms with Gasteiger partial charge in [-0.2, -0.15) is 0 Å². The van der Waals surface area contributed by atoms with E-state index < -0.39 is 5.91 Å². The van der Waals surface area contributed by atoms with Crippen LogP contribution in [0, 0.1) is 0 Å². The minimum absolute atomic E-state index is 0.0832. The molecular weight excluding hydrogens is 517 g/mol. The molecule has 1 aromatic heterocycles. The number of carbonyl (C=O) groups excluding carboxylic acids is 1. The van der Waals surface area contributed by atoms with Crippen LogP contribution in [0.15, 0.2) is 59.0 Å². The normalized spacial score (nSPS) is 11.8. The second kappa shape index (κ2) is 11.3. The molecule has 186 valence electrons. The molecule has 0 bridgehead atoms. The van der Waals surface area contributed by atoms with Gasteiger partial charge in [0.2, 0.25) is 5.89 Å². The molecular formula is C27H25Cl2N3O3S. The summed E-state index contributed by atoms with van der Waals surface area (Å²) in [6, 6.07) is 16.2. The summed E-state index contributed by atoms with van der Waals surface area (Å²) < 4.78 is 11.4. The summed E-state index contributed by atoms with van der Waals surface area (Å²) >= 11 is 17.9. The number of rotatable bonds is 7. The molecule has 0 fully saturated rings. The van der Waals surface area contributed by atoms with Gasteiger partial charge in [-0.15, -0.1) is 0 Å². The Hall–Kier alpha value is -3.13. The molecule has 1 unspecified atom stereocenters. The first-order valence-electron chi connectivity index (χ1n) is 11.5. The second-order valence-corrected chi connectivity index (χ2v) is 9.46. The number of ether oxygens (including phenoxy) is 1. The fourth-order valence-corrected chi connectivity index (χ4v) is 4.21. The van der Waals surface area contributed by atoms with Gasteiger partial charge in [0.15, 0.2) is 10.7 Å². The molecule has 4 aromatic rings. The summed E-state index contributed by atoms with van der Waals surface area (Å²) in [4.78, 5) is 17.3. The number of halogens is 2. The van der Waals surface area contributed by atoms with E-state index in [-0.39, 0.29) is 5.11 Å². The Labute approximate surface area is 225 Å². The van der Waals surface area contributed by atoms with E-state index in [0.717, 1.165) is 17.5 Å². The molecule has 0 aliphatic heterocycles. The molecule has 2 N–H and O–H groups in total. The van der Waals surface area contributed by atoms with Gasteiger partial charge >= 0.3 is 0 Å². The highest BCUT2D eigenvalue weighted by molar-refractivity contribution is 7.80. The predicted molar refractivity (Wildman–Crippen MR) is 149 cm³/mol. The van der Waals surface area contributed by atoms with E-state index in [1.807, 2.05) is 19.1 Å². The highest BCUT2D eigenvalue weighted by Crippen LogP contribution is 2.32. The number of nitrogens with zero attached hydrogens (tertiary/aromatic N) is 1. The first-order chi connectivity index (χ1) is 17.3. The number of hydrogen-bond acceptors (Lipinski definition) is 5. The molecule has 0 spiro atoms. The van der Waals surface area contributed by atoms with Gasteiger partial charge in [-0.3, -0.25) is 10.1 Å². The monoisotopic (exact) mass is 541 g/mol. The van der Waals surface area contributed by atoms with Crippen molar-refractivity contribution in [1.82, 2.24) is 10.3 Å². The van der Waals surface area contributed by atoms with E-state index in [4.69, 9.17) is 44.6 Å². The smallest absolute Gasteiger partial charge is 0.257 e. The SMILES string of the molecule is CCOc1ccc(C(=O)NC(=S)Nc2cc(-c3nc4cc(C(C)CC)ccc4o3)ccc2Cl)cc1Cl. The average molecular weight is 542 g/mol.